The number of nitrogens with two attached hydrogens (primary N) is 1. The zero-order chi connectivity index (χ0) is 18.0. The van der Waals surface area contributed by atoms with E-state index in [4.69, 9.17) is 15.6 Å². The summed E-state index contributed by atoms with van der Waals surface area (Å²) in [4.78, 5) is 10.9. The van der Waals surface area contributed by atoms with Crippen molar-refractivity contribution in [1.82, 2.24) is 0 Å². The number of aromatic hydroxyl groups is 1. The monoisotopic (exact) mass is 585 g/mol. The third-order valence-corrected chi connectivity index (χ3v) is 5.43. The predicted molar refractivity (Wildman–Crippen MR) is 105 cm³/mol. The van der Waals surface area contributed by atoms with Gasteiger partial charge >= 0.3 is 5.97 Å². The molecule has 9 heteroatoms. The lowest BCUT2D eigenvalue weighted by Crippen LogP contribution is -2.32. The van der Waals surface area contributed by atoms with Crippen LogP contribution in [0.15, 0.2) is 42.2 Å². The maximum Gasteiger partial charge on any atom is 0.320 e. The molecule has 0 saturated carbocycles. The summed E-state index contributed by atoms with van der Waals surface area (Å²) in [6.07, 6.45) is 0.198. The minimum Gasteiger partial charge on any atom is -0.506 e. The van der Waals surface area contributed by atoms with Crippen molar-refractivity contribution < 1.29 is 19.7 Å². The van der Waals surface area contributed by atoms with Gasteiger partial charge in [0.1, 0.15) is 17.5 Å². The fourth-order valence-electron chi connectivity index (χ4n) is 1.89. The van der Waals surface area contributed by atoms with Crippen LogP contribution in [0.4, 0.5) is 0 Å². The van der Waals surface area contributed by atoms with Gasteiger partial charge in [0.25, 0.3) is 0 Å². The van der Waals surface area contributed by atoms with E-state index in [1.807, 2.05) is 0 Å². The fourth-order valence-corrected chi connectivity index (χ4v) is 4.48. The van der Waals surface area contributed by atoms with E-state index in [1.54, 1.807) is 24.3 Å². The van der Waals surface area contributed by atoms with Crippen molar-refractivity contribution in [2.75, 3.05) is 0 Å². The van der Waals surface area contributed by atoms with Crippen LogP contribution in [0.3, 0.4) is 0 Å². The molecule has 0 bridgehead atoms. The van der Waals surface area contributed by atoms with Crippen LogP contribution in [0.5, 0.6) is 17.2 Å². The van der Waals surface area contributed by atoms with Crippen molar-refractivity contribution in [2.24, 2.45) is 5.73 Å². The van der Waals surface area contributed by atoms with E-state index in [2.05, 4.69) is 63.7 Å². The van der Waals surface area contributed by atoms with Gasteiger partial charge in [0, 0.05) is 0 Å². The maximum absolute atomic E-state index is 10.9. The number of phenolic OH excluding ortho intramolecular Hbond substituents is 1. The molecule has 0 heterocycles. The number of hydrogen-bond acceptors (Lipinski definition) is 4. The molecule has 0 unspecified atom stereocenters. The Morgan fingerprint density at radius 2 is 1.54 bits per heavy atom. The highest BCUT2D eigenvalue weighted by Crippen LogP contribution is 2.41. The lowest BCUT2D eigenvalue weighted by molar-refractivity contribution is -0.138. The Balaban J connectivity index is 2.30. The van der Waals surface area contributed by atoms with E-state index >= 15 is 0 Å². The number of hydrogen-bond donors (Lipinski definition) is 3. The van der Waals surface area contributed by atoms with E-state index in [-0.39, 0.29) is 12.2 Å². The zero-order valence-corrected chi connectivity index (χ0v) is 18.2. The van der Waals surface area contributed by atoms with Crippen LogP contribution >= 0.6 is 63.7 Å². The van der Waals surface area contributed by atoms with Gasteiger partial charge in [0.2, 0.25) is 0 Å². The van der Waals surface area contributed by atoms with Crippen LogP contribution in [0.25, 0.3) is 0 Å². The molecule has 0 spiro atoms. The van der Waals surface area contributed by atoms with Gasteiger partial charge in [0.15, 0.2) is 5.75 Å². The summed E-state index contributed by atoms with van der Waals surface area (Å²) in [7, 11) is 0. The molecule has 0 amide bonds. The molecular formula is C15H11Br4NO4. The van der Waals surface area contributed by atoms with Gasteiger partial charge in [0.05, 0.1) is 17.9 Å². The zero-order valence-electron chi connectivity index (χ0n) is 11.9. The summed E-state index contributed by atoms with van der Waals surface area (Å²) < 4.78 is 8.12. The number of aliphatic carboxylic acids is 1. The van der Waals surface area contributed by atoms with E-state index in [1.165, 1.54) is 0 Å². The number of carboxylic acid groups (broad SMARTS) is 1. The first kappa shape index (κ1) is 19.7. The molecule has 1 atom stereocenters. The van der Waals surface area contributed by atoms with Gasteiger partial charge in [-0.15, -0.1) is 0 Å². The minimum absolute atomic E-state index is 0.0819. The van der Waals surface area contributed by atoms with E-state index < -0.39 is 12.0 Å². The quantitative estimate of drug-likeness (QED) is 0.447. The number of carboxylic acids is 1. The van der Waals surface area contributed by atoms with Gasteiger partial charge in [-0.2, -0.15) is 0 Å². The summed E-state index contributed by atoms with van der Waals surface area (Å²) in [5.74, 6) is 0.0509. The molecule has 2 aromatic rings. The molecular weight excluding hydrogens is 578 g/mol. The molecule has 2 aromatic carbocycles. The molecule has 2 rings (SSSR count). The van der Waals surface area contributed by atoms with E-state index in [0.29, 0.717) is 29.4 Å². The van der Waals surface area contributed by atoms with E-state index in [9.17, 15) is 9.90 Å². The molecule has 5 nitrogen and oxygen atoms in total. The molecule has 0 aliphatic heterocycles. The van der Waals surface area contributed by atoms with Crippen LogP contribution in [-0.4, -0.2) is 22.2 Å². The highest BCUT2D eigenvalue weighted by molar-refractivity contribution is 9.11. The Morgan fingerprint density at radius 3 is 2.00 bits per heavy atom. The van der Waals surface area contributed by atoms with Crippen molar-refractivity contribution in [3.8, 4) is 17.2 Å². The Hall–Kier alpha value is -0.610. The number of carbonyl (C=O) groups is 1. The van der Waals surface area contributed by atoms with Crippen molar-refractivity contribution in [2.45, 2.75) is 12.5 Å². The number of halogens is 4. The van der Waals surface area contributed by atoms with Crippen molar-refractivity contribution in [1.29, 1.82) is 0 Å². The Kier molecular flexibility index (Phi) is 6.72. The Morgan fingerprint density at radius 1 is 1.04 bits per heavy atom. The average molecular weight is 589 g/mol. The highest BCUT2D eigenvalue weighted by atomic mass is 79.9. The number of phenols is 1. The standard InChI is InChI=1S/C15H11Br4NO4/c16-8-4-7(5-9(17)13(8)21)24-14-10(18)1-6(2-11(14)19)3-12(20)15(22)23/h1-2,4-5,12,21H,3,20H2,(H,22,23)/t12-/m0/s1. The van der Waals surface area contributed by atoms with E-state index in [0.717, 1.165) is 5.56 Å². The number of benzene rings is 2. The summed E-state index contributed by atoms with van der Waals surface area (Å²) >= 11 is 13.3. The normalized spacial score (nSPS) is 12.0. The lowest BCUT2D eigenvalue weighted by atomic mass is 10.1. The number of ether oxygens (including phenoxy) is 1. The molecule has 0 fully saturated rings. The topological polar surface area (TPSA) is 92.8 Å². The molecule has 0 radical (unpaired) electrons. The van der Waals surface area contributed by atoms with Gasteiger partial charge in [-0.1, -0.05) is 0 Å². The van der Waals surface area contributed by atoms with Crippen LogP contribution in [0, 0.1) is 0 Å². The SMILES string of the molecule is N[C@@H](Cc1cc(Br)c(Oc2cc(Br)c(O)c(Br)c2)c(Br)c1)C(=O)O. The lowest BCUT2D eigenvalue weighted by Gasteiger charge is -2.14. The van der Waals surface area contributed by atoms with Gasteiger partial charge in [-0.3, -0.25) is 4.79 Å². The summed E-state index contributed by atoms with van der Waals surface area (Å²) in [6.45, 7) is 0. The molecule has 0 aliphatic rings. The first-order chi connectivity index (χ1) is 11.2. The highest BCUT2D eigenvalue weighted by Gasteiger charge is 2.16. The first-order valence-corrected chi connectivity index (χ1v) is 9.68. The molecule has 128 valence electrons. The Labute approximate surface area is 171 Å². The number of rotatable bonds is 5. The molecule has 0 aromatic heterocycles. The molecule has 4 N–H and O–H groups in total. The molecule has 24 heavy (non-hydrogen) atoms. The summed E-state index contributed by atoms with van der Waals surface area (Å²) in [5.41, 5.74) is 6.32. The van der Waals surface area contributed by atoms with Crippen LogP contribution in [-0.2, 0) is 11.2 Å². The van der Waals surface area contributed by atoms with Crippen LogP contribution in [0.2, 0.25) is 0 Å². The smallest absolute Gasteiger partial charge is 0.320 e. The summed E-state index contributed by atoms with van der Waals surface area (Å²) in [6, 6.07) is 5.81. The largest absolute Gasteiger partial charge is 0.506 e. The second-order valence-corrected chi connectivity index (χ2v) is 8.29. The Bertz CT molecular complexity index is 751. The predicted octanol–water partition coefficient (Wildman–Crippen LogP) is 5.19. The molecule has 0 aliphatic carbocycles. The average Bonchev–Trinajstić information content (AvgIpc) is 2.48. The second-order valence-electron chi connectivity index (χ2n) is 4.88. The fraction of sp³-hybridized carbons (Fsp3) is 0.133. The first-order valence-electron chi connectivity index (χ1n) is 6.51. The maximum atomic E-state index is 10.9. The van der Waals surface area contributed by atoms with Crippen molar-refractivity contribution in [3.05, 3.63) is 47.7 Å². The molecule has 0 saturated heterocycles. The minimum atomic E-state index is -1.05. The van der Waals surface area contributed by atoms with Gasteiger partial charge < -0.3 is 20.7 Å². The van der Waals surface area contributed by atoms with Crippen LogP contribution < -0.4 is 10.5 Å². The van der Waals surface area contributed by atoms with Crippen molar-refractivity contribution in [3.63, 3.8) is 0 Å². The van der Waals surface area contributed by atoms with Crippen molar-refractivity contribution >= 4 is 69.7 Å². The summed E-state index contributed by atoms with van der Waals surface area (Å²) in [5, 5.41) is 18.6. The van der Waals surface area contributed by atoms with Gasteiger partial charge in [-0.25, -0.2) is 0 Å². The van der Waals surface area contributed by atoms with Gasteiger partial charge in [-0.05, 0) is 100.0 Å². The second kappa shape index (κ2) is 8.18. The third-order valence-electron chi connectivity index (χ3n) is 3.04. The van der Waals surface area contributed by atoms with Crippen LogP contribution in [0.1, 0.15) is 5.56 Å². The third kappa shape index (κ3) is 4.72.